The normalized spacial score (nSPS) is 34.2. The van der Waals surface area contributed by atoms with Crippen LogP contribution in [0.25, 0.3) is 0 Å². The zero-order chi connectivity index (χ0) is 12.3. The first-order chi connectivity index (χ1) is 7.28. The van der Waals surface area contributed by atoms with Gasteiger partial charge in [-0.2, -0.15) is 0 Å². The van der Waals surface area contributed by atoms with Crippen LogP contribution in [0.3, 0.4) is 0 Å². The summed E-state index contributed by atoms with van der Waals surface area (Å²) >= 11 is 4.90. The van der Waals surface area contributed by atoms with E-state index < -0.39 is 6.49 Å². The van der Waals surface area contributed by atoms with E-state index in [1.807, 2.05) is 20.8 Å². The quantitative estimate of drug-likeness (QED) is 0.772. The van der Waals surface area contributed by atoms with E-state index in [0.717, 1.165) is 6.42 Å². The summed E-state index contributed by atoms with van der Waals surface area (Å²) < 4.78 is 16.7. The lowest BCUT2D eigenvalue weighted by molar-refractivity contribution is -0.0504. The van der Waals surface area contributed by atoms with Crippen LogP contribution in [-0.2, 0) is 25.8 Å². The van der Waals surface area contributed by atoms with Crippen molar-refractivity contribution in [3.05, 3.63) is 0 Å². The first kappa shape index (κ1) is 14.6. The van der Waals surface area contributed by atoms with Crippen molar-refractivity contribution < 1.29 is 18.9 Å². The first-order valence-corrected chi connectivity index (χ1v) is 8.65. The van der Waals surface area contributed by atoms with Gasteiger partial charge in [-0.25, -0.2) is 0 Å². The van der Waals surface area contributed by atoms with Crippen LogP contribution in [0.1, 0.15) is 27.2 Å². The lowest BCUT2D eigenvalue weighted by Gasteiger charge is -2.22. The average molecular weight is 268 g/mol. The van der Waals surface area contributed by atoms with Crippen molar-refractivity contribution in [1.29, 1.82) is 0 Å². The second-order valence-electron chi connectivity index (χ2n) is 4.55. The molecule has 4 atom stereocenters. The molecular formula is C10H21O4PS. The van der Waals surface area contributed by atoms with Gasteiger partial charge in [0.05, 0.1) is 24.9 Å². The Balaban J connectivity index is 2.49. The van der Waals surface area contributed by atoms with Gasteiger partial charge in [0.2, 0.25) is 0 Å². The molecule has 2 unspecified atom stereocenters. The number of hydrogen-bond acceptors (Lipinski definition) is 4. The Labute approximate surface area is 102 Å². The molecule has 1 saturated heterocycles. The van der Waals surface area contributed by atoms with Gasteiger partial charge in [0, 0.05) is 13.1 Å². The fourth-order valence-corrected chi connectivity index (χ4v) is 2.77. The molecule has 0 saturated carbocycles. The van der Waals surface area contributed by atoms with Gasteiger partial charge in [0.25, 0.3) is 0 Å². The number of ether oxygens (including phenoxy) is 2. The van der Waals surface area contributed by atoms with Gasteiger partial charge < -0.3 is 18.9 Å². The summed E-state index contributed by atoms with van der Waals surface area (Å²) in [5, 5.41) is 0. The molecule has 1 aliphatic heterocycles. The summed E-state index contributed by atoms with van der Waals surface area (Å²) in [5.41, 5.74) is 0. The highest BCUT2D eigenvalue weighted by atomic mass is 32.5. The molecule has 4 nitrogen and oxygen atoms in total. The Hall–Kier alpha value is 0.490. The average Bonchev–Trinajstić information content (AvgIpc) is 2.39. The van der Waals surface area contributed by atoms with Crippen LogP contribution in [0.4, 0.5) is 0 Å². The Kier molecular flexibility index (Phi) is 5.36. The highest BCUT2D eigenvalue weighted by Gasteiger charge is 2.36. The van der Waals surface area contributed by atoms with E-state index in [1.165, 1.54) is 0 Å². The van der Waals surface area contributed by atoms with E-state index in [-0.39, 0.29) is 24.4 Å². The predicted octanol–water partition coefficient (Wildman–Crippen LogP) is 1.91. The van der Waals surface area contributed by atoms with Crippen LogP contribution in [0, 0.1) is 0 Å². The molecule has 1 N–H and O–H groups in total. The van der Waals surface area contributed by atoms with Gasteiger partial charge in [-0.3, -0.25) is 0 Å². The highest BCUT2D eigenvalue weighted by molar-refractivity contribution is 8.09. The molecule has 6 heteroatoms. The molecule has 96 valence electrons. The van der Waals surface area contributed by atoms with Crippen LogP contribution < -0.4 is 0 Å². The third kappa shape index (κ3) is 5.21. The second kappa shape index (κ2) is 5.89. The SMILES string of the molecule is CC(C)OC[C@H]1O[C@@H](C)CC1OP(C)(O)=S. The predicted molar refractivity (Wildman–Crippen MR) is 67.3 cm³/mol. The topological polar surface area (TPSA) is 47.9 Å². The maximum Gasteiger partial charge on any atom is 0.183 e. The maximum absolute atomic E-state index is 9.57. The molecule has 0 bridgehead atoms. The molecule has 0 radical (unpaired) electrons. The molecule has 1 heterocycles. The number of rotatable bonds is 5. The molecule has 0 aromatic heterocycles. The third-order valence-corrected chi connectivity index (χ3v) is 3.23. The van der Waals surface area contributed by atoms with Crippen molar-refractivity contribution in [3.8, 4) is 0 Å². The van der Waals surface area contributed by atoms with E-state index in [4.69, 9.17) is 25.8 Å². The van der Waals surface area contributed by atoms with Crippen LogP contribution in [0.2, 0.25) is 0 Å². The second-order valence-corrected chi connectivity index (χ2v) is 8.40. The van der Waals surface area contributed by atoms with Crippen molar-refractivity contribution in [2.75, 3.05) is 13.3 Å². The summed E-state index contributed by atoms with van der Waals surface area (Å²) in [7, 11) is 0. The summed E-state index contributed by atoms with van der Waals surface area (Å²) in [4.78, 5) is 9.57. The summed E-state index contributed by atoms with van der Waals surface area (Å²) in [6.07, 6.45) is 0.798. The molecule has 0 aromatic carbocycles. The summed E-state index contributed by atoms with van der Waals surface area (Å²) in [6.45, 7) is 5.36. The zero-order valence-corrected chi connectivity index (χ0v) is 12.0. The summed E-state index contributed by atoms with van der Waals surface area (Å²) in [6, 6.07) is 0. The minimum atomic E-state index is -2.63. The molecule has 16 heavy (non-hydrogen) atoms. The molecular weight excluding hydrogens is 247 g/mol. The maximum atomic E-state index is 9.57. The van der Waals surface area contributed by atoms with E-state index in [2.05, 4.69) is 0 Å². The van der Waals surface area contributed by atoms with Crippen LogP contribution in [0.5, 0.6) is 0 Å². The fraction of sp³-hybridized carbons (Fsp3) is 1.00. The van der Waals surface area contributed by atoms with E-state index >= 15 is 0 Å². The molecule has 1 fully saturated rings. The third-order valence-electron chi connectivity index (χ3n) is 2.31. The van der Waals surface area contributed by atoms with E-state index in [9.17, 15) is 4.89 Å². The standard InChI is InChI=1S/C10H21O4PS/c1-7(2)12-6-10-9(5-8(3)13-10)14-15(4,11)16/h7-10H,5-6H2,1-4H3,(H,11,16)/t8-,9?,10+,15?/m0/s1. The van der Waals surface area contributed by atoms with Crippen molar-refractivity contribution in [2.24, 2.45) is 0 Å². The Morgan fingerprint density at radius 1 is 1.56 bits per heavy atom. The fourth-order valence-electron chi connectivity index (χ4n) is 1.72. The van der Waals surface area contributed by atoms with Gasteiger partial charge in [0.15, 0.2) is 6.49 Å². The monoisotopic (exact) mass is 268 g/mol. The molecule has 0 amide bonds. The Bertz CT molecular complexity index is 266. The largest absolute Gasteiger partial charge is 0.376 e. The van der Waals surface area contributed by atoms with Crippen LogP contribution in [-0.4, -0.2) is 42.6 Å². The number of hydrogen-bond donors (Lipinski definition) is 1. The van der Waals surface area contributed by atoms with Crippen LogP contribution in [0.15, 0.2) is 0 Å². The van der Waals surface area contributed by atoms with Crippen molar-refractivity contribution in [1.82, 2.24) is 0 Å². The van der Waals surface area contributed by atoms with Crippen LogP contribution >= 0.6 is 6.49 Å². The van der Waals surface area contributed by atoms with E-state index in [1.54, 1.807) is 6.66 Å². The summed E-state index contributed by atoms with van der Waals surface area (Å²) in [5.74, 6) is 0. The smallest absolute Gasteiger partial charge is 0.183 e. The molecule has 1 rings (SSSR count). The Morgan fingerprint density at radius 3 is 2.69 bits per heavy atom. The van der Waals surface area contributed by atoms with Gasteiger partial charge in [-0.15, -0.1) is 0 Å². The lowest BCUT2D eigenvalue weighted by Crippen LogP contribution is -2.29. The Morgan fingerprint density at radius 2 is 2.19 bits per heavy atom. The molecule has 0 aromatic rings. The zero-order valence-electron chi connectivity index (χ0n) is 10.3. The van der Waals surface area contributed by atoms with Gasteiger partial charge in [-0.1, -0.05) is 0 Å². The molecule has 1 aliphatic rings. The first-order valence-electron chi connectivity index (χ1n) is 5.53. The molecule has 0 aliphatic carbocycles. The van der Waals surface area contributed by atoms with Crippen molar-refractivity contribution in [3.63, 3.8) is 0 Å². The van der Waals surface area contributed by atoms with E-state index in [0.29, 0.717) is 6.61 Å². The minimum absolute atomic E-state index is 0.119. The van der Waals surface area contributed by atoms with Gasteiger partial charge in [-0.05, 0) is 32.6 Å². The lowest BCUT2D eigenvalue weighted by atomic mass is 10.1. The highest BCUT2D eigenvalue weighted by Crippen LogP contribution is 2.42. The van der Waals surface area contributed by atoms with Gasteiger partial charge in [0.1, 0.15) is 6.10 Å². The van der Waals surface area contributed by atoms with Gasteiger partial charge >= 0.3 is 0 Å². The minimum Gasteiger partial charge on any atom is -0.376 e. The van der Waals surface area contributed by atoms with Crippen molar-refractivity contribution >= 4 is 18.3 Å². The van der Waals surface area contributed by atoms with Crippen molar-refractivity contribution in [2.45, 2.75) is 51.6 Å². The molecule has 0 spiro atoms.